The van der Waals surface area contributed by atoms with Crippen LogP contribution in [0.1, 0.15) is 19.8 Å². The number of pyridine rings is 1. The summed E-state index contributed by atoms with van der Waals surface area (Å²) in [7, 11) is 0. The van der Waals surface area contributed by atoms with E-state index in [1.165, 1.54) is 0 Å². The molecule has 14 nitrogen and oxygen atoms in total. The molecule has 0 radical (unpaired) electrons. The van der Waals surface area contributed by atoms with Gasteiger partial charge in [-0.1, -0.05) is 6.92 Å². The van der Waals surface area contributed by atoms with Gasteiger partial charge in [0.2, 0.25) is 6.29 Å². The highest BCUT2D eigenvalue weighted by Crippen LogP contribution is 2.36. The number of hydrogen-bond acceptors (Lipinski definition) is 12. The molecule has 3 aliphatic heterocycles. The van der Waals surface area contributed by atoms with Crippen molar-refractivity contribution < 1.29 is 44.2 Å². The molecule has 0 bridgehead atoms. The number of ether oxygens (including phenoxy) is 4. The number of benzene rings is 2. The highest BCUT2D eigenvalue weighted by molar-refractivity contribution is 5.93. The monoisotopic (exact) mass is 635 g/mol. The van der Waals surface area contributed by atoms with Gasteiger partial charge in [0, 0.05) is 42.1 Å². The summed E-state index contributed by atoms with van der Waals surface area (Å²) in [5.74, 6) is 0.172. The van der Waals surface area contributed by atoms with E-state index in [1.54, 1.807) is 18.5 Å². The van der Waals surface area contributed by atoms with Crippen molar-refractivity contribution in [3.8, 4) is 17.3 Å². The first-order valence-corrected chi connectivity index (χ1v) is 15.3. The fourth-order valence-electron chi connectivity index (χ4n) is 6.10. The second-order valence-electron chi connectivity index (χ2n) is 12.7. The first kappa shape index (κ1) is 30.6. The van der Waals surface area contributed by atoms with Gasteiger partial charge in [0.25, 0.3) is 0 Å². The minimum atomic E-state index is -1.82. The lowest BCUT2D eigenvalue weighted by atomic mass is 9.90. The van der Waals surface area contributed by atoms with Gasteiger partial charge in [-0.2, -0.15) is 0 Å². The Labute approximate surface area is 263 Å². The van der Waals surface area contributed by atoms with Crippen LogP contribution in [0.25, 0.3) is 27.8 Å². The van der Waals surface area contributed by atoms with Crippen molar-refractivity contribution in [2.24, 2.45) is 11.1 Å². The van der Waals surface area contributed by atoms with Gasteiger partial charge in [-0.25, -0.2) is 14.8 Å². The Balaban J connectivity index is 1.21. The highest BCUT2D eigenvalue weighted by atomic mass is 16.7. The maximum Gasteiger partial charge on any atom is 0.335 e. The van der Waals surface area contributed by atoms with Crippen molar-refractivity contribution in [1.82, 2.24) is 14.5 Å². The topological polar surface area (TPSA) is 195 Å². The first-order valence-electron chi connectivity index (χ1n) is 15.3. The number of nitrogens with two attached hydrogens (primary N) is 1. The van der Waals surface area contributed by atoms with Gasteiger partial charge in [-0.3, -0.25) is 4.57 Å². The van der Waals surface area contributed by atoms with E-state index in [0.717, 1.165) is 40.7 Å². The van der Waals surface area contributed by atoms with Crippen LogP contribution in [0.5, 0.6) is 11.5 Å². The van der Waals surface area contributed by atoms with Gasteiger partial charge >= 0.3 is 5.97 Å². The Morgan fingerprint density at radius 2 is 1.83 bits per heavy atom. The molecule has 6 N–H and O–H groups in total. The summed E-state index contributed by atoms with van der Waals surface area (Å²) < 4.78 is 24.6. The molecule has 5 heterocycles. The lowest BCUT2D eigenvalue weighted by molar-refractivity contribution is -0.271. The number of aliphatic carboxylic acids is 1. The largest absolute Gasteiger partial charge is 0.493 e. The molecule has 4 aromatic rings. The summed E-state index contributed by atoms with van der Waals surface area (Å²) in [6, 6.07) is 13.1. The van der Waals surface area contributed by atoms with Crippen LogP contribution < -0.4 is 20.1 Å². The van der Waals surface area contributed by atoms with Gasteiger partial charge in [0.1, 0.15) is 42.0 Å². The number of carboxylic acids is 1. The number of piperidine rings is 1. The van der Waals surface area contributed by atoms with Crippen LogP contribution in [-0.2, 0) is 14.3 Å². The average molecular weight is 636 g/mol. The van der Waals surface area contributed by atoms with E-state index >= 15 is 0 Å². The highest BCUT2D eigenvalue weighted by Gasteiger charge is 2.48. The Morgan fingerprint density at radius 3 is 2.54 bits per heavy atom. The molecule has 2 aromatic carbocycles. The minimum absolute atomic E-state index is 0.0270. The SMILES string of the molecule is CC1(COc2ccc3c(c2)ncn3-c2ccc3cc(OC4OC(C(=O)O)C(O)C(O)C4O)cc(N4CCC(N)CC4)c3n2)COC1. The molecule has 5 atom stereocenters. The zero-order chi connectivity index (χ0) is 32.2. The number of aromatic nitrogens is 3. The molecule has 3 fully saturated rings. The Kier molecular flexibility index (Phi) is 7.95. The lowest BCUT2D eigenvalue weighted by Crippen LogP contribution is -2.61. The smallest absolute Gasteiger partial charge is 0.335 e. The number of rotatable bonds is 8. The van der Waals surface area contributed by atoms with Crippen LogP contribution in [0.4, 0.5) is 5.69 Å². The summed E-state index contributed by atoms with van der Waals surface area (Å²) in [5, 5.41) is 41.1. The van der Waals surface area contributed by atoms with E-state index < -0.39 is 36.7 Å². The van der Waals surface area contributed by atoms with Crippen molar-refractivity contribution in [1.29, 1.82) is 0 Å². The summed E-state index contributed by atoms with van der Waals surface area (Å²) in [5.41, 5.74) is 9.30. The minimum Gasteiger partial charge on any atom is -0.493 e. The van der Waals surface area contributed by atoms with E-state index in [9.17, 15) is 25.2 Å². The zero-order valence-electron chi connectivity index (χ0n) is 25.2. The number of aliphatic hydroxyl groups excluding tert-OH is 3. The summed E-state index contributed by atoms with van der Waals surface area (Å²) >= 11 is 0. The standard InChI is InChI=1S/C32H37N5O9/c1-32(13-43-14-32)15-44-19-3-4-22-21(11-19)34-16-37(22)24-5-2-17-10-20(12-23(25(17)35-24)36-8-6-18(33)7-9-36)45-31-28(40)26(38)27(39)29(46-31)30(41)42/h2-5,10-12,16,18,26-29,31,38-40H,6-9,13-15,33H2,1H3,(H,41,42). The number of aliphatic hydroxyl groups is 3. The molecule has 3 aliphatic rings. The van der Waals surface area contributed by atoms with Crippen LogP contribution in [0.3, 0.4) is 0 Å². The van der Waals surface area contributed by atoms with E-state index in [1.807, 2.05) is 34.9 Å². The maximum absolute atomic E-state index is 11.6. The molecule has 0 saturated carbocycles. The molecule has 0 aliphatic carbocycles. The van der Waals surface area contributed by atoms with Crippen LogP contribution in [-0.4, -0.2) is 111 Å². The number of imidazole rings is 1. The molecule has 0 spiro atoms. The number of fused-ring (bicyclic) bond motifs is 2. The molecule has 2 aromatic heterocycles. The van der Waals surface area contributed by atoms with Crippen LogP contribution in [0, 0.1) is 5.41 Å². The number of nitrogens with zero attached hydrogens (tertiary/aromatic N) is 4. The van der Waals surface area contributed by atoms with E-state index in [0.29, 0.717) is 44.2 Å². The van der Waals surface area contributed by atoms with E-state index in [4.69, 9.17) is 29.7 Å². The van der Waals surface area contributed by atoms with Gasteiger partial charge in [-0.15, -0.1) is 0 Å². The normalized spacial score (nSPS) is 26.6. The average Bonchev–Trinajstić information content (AvgIpc) is 3.46. The first-order chi connectivity index (χ1) is 22.1. The molecular weight excluding hydrogens is 598 g/mol. The van der Waals surface area contributed by atoms with Crippen molar-refractivity contribution in [3.63, 3.8) is 0 Å². The molecular formula is C32H37N5O9. The van der Waals surface area contributed by atoms with Gasteiger partial charge in [0.15, 0.2) is 6.10 Å². The predicted octanol–water partition coefficient (Wildman–Crippen LogP) is 1.19. The van der Waals surface area contributed by atoms with Gasteiger partial charge < -0.3 is 50.0 Å². The zero-order valence-corrected chi connectivity index (χ0v) is 25.2. The Hall–Kier alpha value is -4.05. The number of carbonyl (C=O) groups is 1. The van der Waals surface area contributed by atoms with Crippen LogP contribution in [0.15, 0.2) is 48.8 Å². The number of hydrogen-bond donors (Lipinski definition) is 5. The predicted molar refractivity (Wildman–Crippen MR) is 165 cm³/mol. The van der Waals surface area contributed by atoms with Crippen LogP contribution in [0.2, 0.25) is 0 Å². The van der Waals surface area contributed by atoms with Crippen molar-refractivity contribution >= 4 is 33.6 Å². The molecule has 0 amide bonds. The summed E-state index contributed by atoms with van der Waals surface area (Å²) in [4.78, 5) is 23.4. The Morgan fingerprint density at radius 1 is 1.04 bits per heavy atom. The summed E-state index contributed by atoms with van der Waals surface area (Å²) in [6.07, 6.45) is -5.31. The maximum atomic E-state index is 11.6. The van der Waals surface area contributed by atoms with Gasteiger partial charge in [-0.05, 0) is 43.2 Å². The second-order valence-corrected chi connectivity index (χ2v) is 12.7. The third-order valence-corrected chi connectivity index (χ3v) is 8.93. The van der Waals surface area contributed by atoms with Crippen molar-refractivity contribution in [2.75, 3.05) is 37.8 Å². The van der Waals surface area contributed by atoms with Crippen molar-refractivity contribution in [2.45, 2.75) is 56.5 Å². The fourth-order valence-corrected chi connectivity index (χ4v) is 6.10. The molecule has 14 heteroatoms. The molecule has 46 heavy (non-hydrogen) atoms. The third-order valence-electron chi connectivity index (χ3n) is 8.93. The second kappa shape index (κ2) is 12.0. The number of carboxylic acid groups (broad SMARTS) is 1. The van der Waals surface area contributed by atoms with Gasteiger partial charge in [0.05, 0.1) is 42.1 Å². The van der Waals surface area contributed by atoms with Crippen molar-refractivity contribution in [3.05, 3.63) is 48.8 Å². The molecule has 5 unspecified atom stereocenters. The number of anilines is 1. The Bertz CT molecular complexity index is 1750. The van der Waals surface area contributed by atoms with E-state index in [2.05, 4.69) is 16.8 Å². The quantitative estimate of drug-likeness (QED) is 0.185. The fraction of sp³-hybridized carbons (Fsp3) is 0.469. The third kappa shape index (κ3) is 5.72. The lowest BCUT2D eigenvalue weighted by Gasteiger charge is -2.38. The molecule has 3 saturated heterocycles. The summed E-state index contributed by atoms with van der Waals surface area (Å²) in [6.45, 7) is 5.44. The van der Waals surface area contributed by atoms with E-state index in [-0.39, 0.29) is 17.2 Å². The van der Waals surface area contributed by atoms with Crippen LogP contribution >= 0.6 is 0 Å². The molecule has 7 rings (SSSR count). The molecule has 244 valence electrons.